The van der Waals surface area contributed by atoms with Crippen molar-refractivity contribution >= 4 is 57.7 Å². The van der Waals surface area contributed by atoms with E-state index in [0.717, 1.165) is 4.90 Å². The Hall–Kier alpha value is -3.18. The highest BCUT2D eigenvalue weighted by atomic mass is 127. The van der Waals surface area contributed by atoms with E-state index in [1.54, 1.807) is 54.6 Å². The van der Waals surface area contributed by atoms with Crippen molar-refractivity contribution in [3.8, 4) is 5.75 Å². The van der Waals surface area contributed by atoms with Crippen LogP contribution in [0.1, 0.15) is 17.2 Å². The van der Waals surface area contributed by atoms with Crippen molar-refractivity contribution in [2.24, 2.45) is 0 Å². The number of ether oxygens (including phenoxy) is 1. The molecule has 1 heterocycles. The lowest BCUT2D eigenvalue weighted by molar-refractivity contribution is -0.134. The Kier molecular flexibility index (Phi) is 7.56. The third-order valence-electron chi connectivity index (χ3n) is 5.57. The fourth-order valence-electron chi connectivity index (χ4n) is 3.76. The SMILES string of the molecule is COc1ccc([C@H]2NC(=O)N([C@@H](Cc3ccc(Cl)cc3)C(=O)Nc3ccc(I)cc3F)C2=O)cc1. The van der Waals surface area contributed by atoms with Gasteiger partial charge in [0.2, 0.25) is 5.91 Å². The van der Waals surface area contributed by atoms with Crippen molar-refractivity contribution in [1.29, 1.82) is 0 Å². The van der Waals surface area contributed by atoms with Crippen molar-refractivity contribution in [3.05, 3.63) is 92.3 Å². The van der Waals surface area contributed by atoms with Gasteiger partial charge in [-0.15, -0.1) is 0 Å². The molecule has 1 aliphatic heterocycles. The number of carbonyl (C=O) groups is 3. The molecule has 3 aromatic carbocycles. The maximum Gasteiger partial charge on any atom is 0.325 e. The number of carbonyl (C=O) groups excluding carboxylic acids is 3. The van der Waals surface area contributed by atoms with Crippen LogP contribution < -0.4 is 15.4 Å². The number of nitrogens with zero attached hydrogens (tertiary/aromatic N) is 1. The van der Waals surface area contributed by atoms with Crippen LogP contribution in [-0.2, 0) is 16.0 Å². The molecule has 0 aliphatic carbocycles. The molecule has 2 atom stereocenters. The van der Waals surface area contributed by atoms with E-state index < -0.39 is 35.7 Å². The second kappa shape index (κ2) is 10.6. The third-order valence-corrected chi connectivity index (χ3v) is 6.49. The third kappa shape index (κ3) is 5.57. The molecule has 0 bridgehead atoms. The molecule has 0 saturated carbocycles. The van der Waals surface area contributed by atoms with E-state index in [-0.39, 0.29) is 12.1 Å². The van der Waals surface area contributed by atoms with Gasteiger partial charge < -0.3 is 15.4 Å². The van der Waals surface area contributed by atoms with E-state index in [4.69, 9.17) is 16.3 Å². The first-order valence-electron chi connectivity index (χ1n) is 10.5. The highest BCUT2D eigenvalue weighted by molar-refractivity contribution is 14.1. The molecule has 7 nitrogen and oxygen atoms in total. The molecule has 4 amide bonds. The van der Waals surface area contributed by atoms with E-state index in [0.29, 0.717) is 25.5 Å². The molecule has 0 aromatic heterocycles. The summed E-state index contributed by atoms with van der Waals surface area (Å²) in [6, 6.07) is 14.8. The van der Waals surface area contributed by atoms with Crippen molar-refractivity contribution in [2.45, 2.75) is 18.5 Å². The summed E-state index contributed by atoms with van der Waals surface area (Å²) in [6.07, 6.45) is 0.0173. The molecule has 1 saturated heterocycles. The van der Waals surface area contributed by atoms with Crippen LogP contribution in [0.2, 0.25) is 5.02 Å². The fraction of sp³-hybridized carbons (Fsp3) is 0.160. The Morgan fingerprint density at radius 3 is 2.46 bits per heavy atom. The van der Waals surface area contributed by atoms with Crippen molar-refractivity contribution in [1.82, 2.24) is 10.2 Å². The summed E-state index contributed by atoms with van der Waals surface area (Å²) in [5.41, 5.74) is 1.17. The van der Waals surface area contributed by atoms with Crippen LogP contribution >= 0.6 is 34.2 Å². The monoisotopic (exact) mass is 607 g/mol. The van der Waals surface area contributed by atoms with Crippen LogP contribution in [0, 0.1) is 9.39 Å². The van der Waals surface area contributed by atoms with Gasteiger partial charge in [-0.25, -0.2) is 14.1 Å². The number of methoxy groups -OCH3 is 1. The van der Waals surface area contributed by atoms with Crippen LogP contribution in [0.3, 0.4) is 0 Å². The van der Waals surface area contributed by atoms with Gasteiger partial charge in [-0.3, -0.25) is 9.59 Å². The molecule has 2 N–H and O–H groups in total. The minimum Gasteiger partial charge on any atom is -0.497 e. The quantitative estimate of drug-likeness (QED) is 0.295. The number of halogens is 3. The van der Waals surface area contributed by atoms with E-state index in [1.807, 2.05) is 22.6 Å². The molecule has 1 fully saturated rings. The first-order valence-corrected chi connectivity index (χ1v) is 12.0. The smallest absolute Gasteiger partial charge is 0.325 e. The zero-order valence-electron chi connectivity index (χ0n) is 18.4. The van der Waals surface area contributed by atoms with Crippen molar-refractivity contribution in [3.63, 3.8) is 0 Å². The summed E-state index contributed by atoms with van der Waals surface area (Å²) < 4.78 is 20.2. The second-order valence-corrected chi connectivity index (χ2v) is 9.51. The summed E-state index contributed by atoms with van der Waals surface area (Å²) in [5, 5.41) is 5.67. The highest BCUT2D eigenvalue weighted by Gasteiger charge is 2.45. The van der Waals surface area contributed by atoms with E-state index in [2.05, 4.69) is 10.6 Å². The summed E-state index contributed by atoms with van der Waals surface area (Å²) in [5.74, 6) is -1.30. The lowest BCUT2D eigenvalue weighted by atomic mass is 10.0. The van der Waals surface area contributed by atoms with Crippen LogP contribution in [0.25, 0.3) is 0 Å². The molecule has 3 aromatic rings. The molecule has 1 aliphatic rings. The number of hydrogen-bond acceptors (Lipinski definition) is 4. The number of amides is 4. The van der Waals surface area contributed by atoms with Crippen LogP contribution in [0.4, 0.5) is 14.9 Å². The summed E-state index contributed by atoms with van der Waals surface area (Å²) >= 11 is 7.93. The number of rotatable bonds is 7. The predicted octanol–water partition coefficient (Wildman–Crippen LogP) is 4.94. The number of benzene rings is 3. The van der Waals surface area contributed by atoms with Gasteiger partial charge >= 0.3 is 6.03 Å². The van der Waals surface area contributed by atoms with Gasteiger partial charge in [-0.2, -0.15) is 0 Å². The largest absolute Gasteiger partial charge is 0.497 e. The molecule has 0 radical (unpaired) electrons. The van der Waals surface area contributed by atoms with Gasteiger partial charge in [0, 0.05) is 15.0 Å². The van der Waals surface area contributed by atoms with E-state index in [9.17, 15) is 18.8 Å². The standard InChI is InChI=1S/C25H20ClFIN3O4/c1-35-18-9-4-15(5-10-18)22-24(33)31(25(34)30-22)21(12-14-2-6-16(26)7-3-14)23(32)29-20-11-8-17(28)13-19(20)27/h2-11,13,21-22H,12H2,1H3,(H,29,32)(H,30,34)/t21-,22+/m0/s1. The van der Waals surface area contributed by atoms with Gasteiger partial charge in [-0.1, -0.05) is 35.9 Å². The molecule has 0 spiro atoms. The Balaban J connectivity index is 1.64. The van der Waals surface area contributed by atoms with Gasteiger partial charge in [0.05, 0.1) is 12.8 Å². The molecule has 0 unspecified atom stereocenters. The Labute approximate surface area is 219 Å². The van der Waals surface area contributed by atoms with Crippen molar-refractivity contribution in [2.75, 3.05) is 12.4 Å². The van der Waals surface area contributed by atoms with E-state index in [1.165, 1.54) is 19.2 Å². The average molecular weight is 608 g/mol. The molecule has 4 rings (SSSR count). The minimum atomic E-state index is -1.23. The molecule has 180 valence electrons. The van der Waals surface area contributed by atoms with Crippen LogP contribution in [0.5, 0.6) is 5.75 Å². The molecular formula is C25H20ClFIN3O4. The van der Waals surface area contributed by atoms with Crippen LogP contribution in [-0.4, -0.2) is 35.9 Å². The first-order chi connectivity index (χ1) is 16.8. The van der Waals surface area contributed by atoms with Gasteiger partial charge in [0.15, 0.2) is 0 Å². The Morgan fingerprint density at radius 2 is 1.83 bits per heavy atom. The normalized spacial score (nSPS) is 16.1. The lowest BCUT2D eigenvalue weighted by Crippen LogP contribution is -2.49. The zero-order valence-corrected chi connectivity index (χ0v) is 21.3. The topological polar surface area (TPSA) is 87.7 Å². The number of urea groups is 1. The van der Waals surface area contributed by atoms with E-state index >= 15 is 0 Å². The maximum atomic E-state index is 14.4. The Morgan fingerprint density at radius 1 is 1.14 bits per heavy atom. The second-order valence-electron chi connectivity index (χ2n) is 7.82. The Bertz CT molecular complexity index is 1270. The van der Waals surface area contributed by atoms with Crippen LogP contribution in [0.15, 0.2) is 66.7 Å². The molecular weight excluding hydrogens is 588 g/mol. The summed E-state index contributed by atoms with van der Waals surface area (Å²) in [4.78, 5) is 40.5. The number of imide groups is 1. The average Bonchev–Trinajstić information content (AvgIpc) is 3.14. The zero-order chi connectivity index (χ0) is 25.1. The molecule has 35 heavy (non-hydrogen) atoms. The minimum absolute atomic E-state index is 0.0173. The van der Waals surface area contributed by atoms with Gasteiger partial charge in [0.1, 0.15) is 23.7 Å². The number of anilines is 1. The van der Waals surface area contributed by atoms with Crippen molar-refractivity contribution < 1.29 is 23.5 Å². The van der Waals surface area contributed by atoms with Gasteiger partial charge in [0.25, 0.3) is 5.91 Å². The van der Waals surface area contributed by atoms with Gasteiger partial charge in [-0.05, 0) is 76.2 Å². The number of hydrogen-bond donors (Lipinski definition) is 2. The number of nitrogens with one attached hydrogen (secondary N) is 2. The predicted molar refractivity (Wildman–Crippen MR) is 138 cm³/mol. The fourth-order valence-corrected chi connectivity index (χ4v) is 4.34. The molecule has 10 heteroatoms. The highest BCUT2D eigenvalue weighted by Crippen LogP contribution is 2.27. The lowest BCUT2D eigenvalue weighted by Gasteiger charge is -2.25. The first kappa shape index (κ1) is 24.9. The maximum absolute atomic E-state index is 14.4. The summed E-state index contributed by atoms with van der Waals surface area (Å²) in [6.45, 7) is 0. The summed E-state index contributed by atoms with van der Waals surface area (Å²) in [7, 11) is 1.52.